The van der Waals surface area contributed by atoms with E-state index < -0.39 is 5.97 Å². The maximum absolute atomic E-state index is 11.7. The van der Waals surface area contributed by atoms with E-state index in [2.05, 4.69) is 4.98 Å². The Balaban J connectivity index is 2.63. The third kappa shape index (κ3) is 2.30. The number of carbonyl (C=O) groups is 1. The van der Waals surface area contributed by atoms with Crippen LogP contribution in [-0.4, -0.2) is 25.2 Å². The number of nitrogens with one attached hydrogen (secondary N) is 1. The quantitative estimate of drug-likeness (QED) is 0.693. The van der Waals surface area contributed by atoms with E-state index in [0.717, 1.165) is 10.4 Å². The van der Waals surface area contributed by atoms with Crippen LogP contribution < -0.4 is 4.74 Å². The number of esters is 1. The molecule has 0 fully saturated rings. The van der Waals surface area contributed by atoms with Crippen LogP contribution in [0.3, 0.4) is 0 Å². The number of rotatable bonds is 3. The highest BCUT2D eigenvalue weighted by atomic mass is 32.1. The predicted molar refractivity (Wildman–Crippen MR) is 72.8 cm³/mol. The minimum absolute atomic E-state index is 0.358. The normalized spacial score (nSPS) is 10.1. The van der Waals surface area contributed by atoms with Crippen molar-refractivity contribution < 1.29 is 14.3 Å². The number of aromatic amines is 1. The lowest BCUT2D eigenvalue weighted by atomic mass is 10.1. The monoisotopic (exact) mass is 281 g/mol. The second-order valence-corrected chi connectivity index (χ2v) is 5.10. The molecule has 1 heterocycles. The second kappa shape index (κ2) is 5.32. The lowest BCUT2D eigenvalue weighted by Gasteiger charge is -2.07. The van der Waals surface area contributed by atoms with Crippen LogP contribution >= 0.6 is 23.6 Å². The summed E-state index contributed by atoms with van der Waals surface area (Å²) >= 11 is 6.40. The molecule has 6 heteroatoms. The van der Waals surface area contributed by atoms with Crippen molar-refractivity contribution in [1.82, 2.24) is 4.98 Å². The standard InChI is InChI=1S/C12H11NO3S2/c1-15-8-6-4-3-5-7(8)10-9(11(14)16-2)13-12(17)18-10/h3-6H,1-2H3,(H,13,17). The van der Waals surface area contributed by atoms with Crippen molar-refractivity contribution in [1.29, 1.82) is 0 Å². The predicted octanol–water partition coefficient (Wildman–Crippen LogP) is 3.27. The SMILES string of the molecule is COC(=O)c1[nH]c(=S)sc1-c1ccccc1OC. The van der Waals surface area contributed by atoms with Crippen molar-refractivity contribution >= 4 is 29.5 Å². The zero-order valence-electron chi connectivity index (χ0n) is 9.85. The van der Waals surface area contributed by atoms with Gasteiger partial charge in [-0.25, -0.2) is 4.79 Å². The molecule has 18 heavy (non-hydrogen) atoms. The molecule has 0 radical (unpaired) electrons. The third-order valence-electron chi connectivity index (χ3n) is 2.39. The number of thiazole rings is 1. The van der Waals surface area contributed by atoms with Gasteiger partial charge in [0.2, 0.25) is 0 Å². The van der Waals surface area contributed by atoms with E-state index in [1.807, 2.05) is 24.3 Å². The number of aromatic nitrogens is 1. The lowest BCUT2D eigenvalue weighted by Crippen LogP contribution is -2.03. The van der Waals surface area contributed by atoms with E-state index in [1.165, 1.54) is 18.4 Å². The Labute approximate surface area is 113 Å². The average Bonchev–Trinajstić information content (AvgIpc) is 2.79. The van der Waals surface area contributed by atoms with Crippen LogP contribution in [0.5, 0.6) is 5.75 Å². The van der Waals surface area contributed by atoms with Gasteiger partial charge < -0.3 is 14.5 Å². The molecule has 0 bridgehead atoms. The number of hydrogen-bond donors (Lipinski definition) is 1. The molecule has 0 aliphatic heterocycles. The van der Waals surface area contributed by atoms with E-state index in [0.29, 0.717) is 15.4 Å². The summed E-state index contributed by atoms with van der Waals surface area (Å²) in [5.41, 5.74) is 1.18. The molecule has 0 amide bonds. The lowest BCUT2D eigenvalue weighted by molar-refractivity contribution is 0.0595. The summed E-state index contributed by atoms with van der Waals surface area (Å²) in [7, 11) is 2.92. The molecule has 94 valence electrons. The van der Waals surface area contributed by atoms with Crippen LogP contribution in [0.15, 0.2) is 24.3 Å². The minimum atomic E-state index is -0.441. The molecule has 1 N–H and O–H groups in total. The van der Waals surface area contributed by atoms with Crippen LogP contribution in [0.2, 0.25) is 0 Å². The topological polar surface area (TPSA) is 51.3 Å². The van der Waals surface area contributed by atoms with Crippen LogP contribution in [0, 0.1) is 3.95 Å². The summed E-state index contributed by atoms with van der Waals surface area (Å²) in [6.07, 6.45) is 0. The molecule has 4 nitrogen and oxygen atoms in total. The van der Waals surface area contributed by atoms with E-state index >= 15 is 0 Å². The highest BCUT2D eigenvalue weighted by Gasteiger charge is 2.19. The van der Waals surface area contributed by atoms with E-state index in [4.69, 9.17) is 21.7 Å². The average molecular weight is 281 g/mol. The van der Waals surface area contributed by atoms with Gasteiger partial charge in [-0.3, -0.25) is 0 Å². The van der Waals surface area contributed by atoms with Gasteiger partial charge in [-0.15, -0.1) is 11.3 Å². The number of carbonyl (C=O) groups excluding carboxylic acids is 1. The van der Waals surface area contributed by atoms with Gasteiger partial charge in [0.05, 0.1) is 19.1 Å². The molecular weight excluding hydrogens is 270 g/mol. The zero-order chi connectivity index (χ0) is 13.1. The molecule has 2 rings (SSSR count). The van der Waals surface area contributed by atoms with Gasteiger partial charge in [-0.1, -0.05) is 12.1 Å². The Kier molecular flexibility index (Phi) is 3.78. The highest BCUT2D eigenvalue weighted by molar-refractivity contribution is 7.73. The Hall–Kier alpha value is -1.66. The molecule has 2 aromatic rings. The smallest absolute Gasteiger partial charge is 0.356 e. The molecule has 0 spiro atoms. The molecule has 0 unspecified atom stereocenters. The summed E-state index contributed by atoms with van der Waals surface area (Å²) in [5.74, 6) is 0.246. The molecule has 0 aliphatic carbocycles. The Morgan fingerprint density at radius 2 is 2.06 bits per heavy atom. The van der Waals surface area contributed by atoms with E-state index in [9.17, 15) is 4.79 Å². The minimum Gasteiger partial charge on any atom is -0.496 e. The first-order chi connectivity index (χ1) is 8.67. The first-order valence-corrected chi connectivity index (χ1v) is 6.34. The first kappa shape index (κ1) is 12.8. The molecular formula is C12H11NO3S2. The van der Waals surface area contributed by atoms with Gasteiger partial charge in [0.15, 0.2) is 3.95 Å². The van der Waals surface area contributed by atoms with Gasteiger partial charge in [-0.05, 0) is 24.4 Å². The van der Waals surface area contributed by atoms with Gasteiger partial charge >= 0.3 is 5.97 Å². The van der Waals surface area contributed by atoms with Crippen molar-refractivity contribution in [2.45, 2.75) is 0 Å². The number of methoxy groups -OCH3 is 2. The summed E-state index contributed by atoms with van der Waals surface area (Å²) in [5, 5.41) is 0. The summed E-state index contributed by atoms with van der Waals surface area (Å²) < 4.78 is 10.5. The van der Waals surface area contributed by atoms with E-state index in [-0.39, 0.29) is 0 Å². The maximum atomic E-state index is 11.7. The molecule has 0 saturated carbocycles. The summed E-state index contributed by atoms with van der Waals surface area (Å²) in [4.78, 5) is 15.3. The number of H-pyrrole nitrogens is 1. The Morgan fingerprint density at radius 1 is 1.33 bits per heavy atom. The van der Waals surface area contributed by atoms with Crippen LogP contribution in [-0.2, 0) is 4.74 Å². The molecule has 1 aromatic carbocycles. The highest BCUT2D eigenvalue weighted by Crippen LogP contribution is 2.35. The van der Waals surface area contributed by atoms with Gasteiger partial charge in [0.25, 0.3) is 0 Å². The van der Waals surface area contributed by atoms with Gasteiger partial charge in [-0.2, -0.15) is 0 Å². The number of hydrogen-bond acceptors (Lipinski definition) is 5. The third-order valence-corrected chi connectivity index (χ3v) is 3.66. The molecule has 0 saturated heterocycles. The molecule has 1 aromatic heterocycles. The fourth-order valence-corrected chi connectivity index (χ4v) is 2.80. The molecule has 0 aliphatic rings. The van der Waals surface area contributed by atoms with Crippen LogP contribution in [0.25, 0.3) is 10.4 Å². The van der Waals surface area contributed by atoms with Crippen molar-refractivity contribution in [2.24, 2.45) is 0 Å². The fourth-order valence-electron chi connectivity index (χ4n) is 1.60. The van der Waals surface area contributed by atoms with Gasteiger partial charge in [0, 0.05) is 5.56 Å². The summed E-state index contributed by atoms with van der Waals surface area (Å²) in [6, 6.07) is 7.45. The Morgan fingerprint density at radius 3 is 2.72 bits per heavy atom. The number of para-hydroxylation sites is 1. The van der Waals surface area contributed by atoms with Crippen LogP contribution in [0.4, 0.5) is 0 Å². The van der Waals surface area contributed by atoms with Crippen LogP contribution in [0.1, 0.15) is 10.5 Å². The summed E-state index contributed by atoms with van der Waals surface area (Å²) in [6.45, 7) is 0. The molecule has 0 atom stereocenters. The van der Waals surface area contributed by atoms with Crippen molar-refractivity contribution in [3.8, 4) is 16.2 Å². The zero-order valence-corrected chi connectivity index (χ0v) is 11.5. The number of ether oxygens (including phenoxy) is 2. The van der Waals surface area contributed by atoms with Gasteiger partial charge in [0.1, 0.15) is 11.4 Å². The van der Waals surface area contributed by atoms with Crippen molar-refractivity contribution in [3.63, 3.8) is 0 Å². The maximum Gasteiger partial charge on any atom is 0.356 e. The van der Waals surface area contributed by atoms with Crippen molar-refractivity contribution in [2.75, 3.05) is 14.2 Å². The first-order valence-electron chi connectivity index (χ1n) is 5.12. The largest absolute Gasteiger partial charge is 0.496 e. The second-order valence-electron chi connectivity index (χ2n) is 3.41. The number of benzene rings is 1. The Bertz CT molecular complexity index is 630. The fraction of sp³-hybridized carbons (Fsp3) is 0.167. The van der Waals surface area contributed by atoms with E-state index in [1.54, 1.807) is 7.11 Å². The van der Waals surface area contributed by atoms with Crippen molar-refractivity contribution in [3.05, 3.63) is 33.9 Å².